The standard InChI is InChI=1S/C15H16N2/c16-11-15-10-13(12-5-2-1-3-6-12)9-14-7-4-8-17(14)15/h1-3,5-6,10,13-14H,4,7-9H2/t13-,14+/m0/s1. The zero-order valence-corrected chi connectivity index (χ0v) is 9.84. The fourth-order valence-corrected chi connectivity index (χ4v) is 3.08. The van der Waals surface area contributed by atoms with Crippen LogP contribution in [0, 0.1) is 11.3 Å². The van der Waals surface area contributed by atoms with Crippen LogP contribution in [-0.4, -0.2) is 17.5 Å². The summed E-state index contributed by atoms with van der Waals surface area (Å²) in [4.78, 5) is 2.29. The summed E-state index contributed by atoms with van der Waals surface area (Å²) >= 11 is 0. The number of allylic oxidation sites excluding steroid dienone is 2. The predicted octanol–water partition coefficient (Wildman–Crippen LogP) is 3.05. The Hall–Kier alpha value is -1.75. The van der Waals surface area contributed by atoms with Gasteiger partial charge in [0.1, 0.15) is 11.8 Å². The third kappa shape index (κ3) is 1.82. The van der Waals surface area contributed by atoms with Gasteiger partial charge in [0.2, 0.25) is 0 Å². The average molecular weight is 224 g/mol. The summed E-state index contributed by atoms with van der Waals surface area (Å²) in [6.07, 6.45) is 5.78. The van der Waals surface area contributed by atoms with Crippen LogP contribution in [0.15, 0.2) is 42.1 Å². The first-order valence-corrected chi connectivity index (χ1v) is 6.32. The smallest absolute Gasteiger partial charge is 0.117 e. The molecule has 1 aromatic carbocycles. The minimum absolute atomic E-state index is 0.421. The third-order valence-electron chi connectivity index (χ3n) is 3.91. The van der Waals surface area contributed by atoms with Gasteiger partial charge in [-0.2, -0.15) is 5.26 Å². The Labute approximate surface area is 102 Å². The van der Waals surface area contributed by atoms with Gasteiger partial charge in [0, 0.05) is 18.5 Å². The minimum Gasteiger partial charge on any atom is -0.360 e. The molecular weight excluding hydrogens is 208 g/mol. The van der Waals surface area contributed by atoms with E-state index in [2.05, 4.69) is 41.3 Å². The molecule has 2 heteroatoms. The lowest BCUT2D eigenvalue weighted by Gasteiger charge is -2.33. The molecule has 2 nitrogen and oxygen atoms in total. The first-order chi connectivity index (χ1) is 8.38. The quantitative estimate of drug-likeness (QED) is 0.733. The summed E-state index contributed by atoms with van der Waals surface area (Å²) < 4.78 is 0. The first-order valence-electron chi connectivity index (χ1n) is 6.32. The molecule has 2 aliphatic rings. The zero-order valence-electron chi connectivity index (χ0n) is 9.84. The van der Waals surface area contributed by atoms with E-state index in [1.807, 2.05) is 6.07 Å². The molecule has 0 aromatic heterocycles. The monoisotopic (exact) mass is 224 g/mol. The molecule has 0 spiro atoms. The van der Waals surface area contributed by atoms with Gasteiger partial charge in [-0.1, -0.05) is 30.3 Å². The van der Waals surface area contributed by atoms with E-state index < -0.39 is 0 Å². The molecule has 0 bridgehead atoms. The molecule has 17 heavy (non-hydrogen) atoms. The van der Waals surface area contributed by atoms with Crippen LogP contribution in [-0.2, 0) is 0 Å². The second-order valence-electron chi connectivity index (χ2n) is 4.91. The van der Waals surface area contributed by atoms with Crippen molar-refractivity contribution in [2.45, 2.75) is 31.2 Å². The van der Waals surface area contributed by atoms with Crippen molar-refractivity contribution in [3.63, 3.8) is 0 Å². The molecular formula is C15H16N2. The van der Waals surface area contributed by atoms with Gasteiger partial charge in [-0.15, -0.1) is 0 Å². The molecule has 1 aromatic rings. The van der Waals surface area contributed by atoms with E-state index in [0.29, 0.717) is 12.0 Å². The van der Waals surface area contributed by atoms with E-state index in [1.165, 1.54) is 18.4 Å². The van der Waals surface area contributed by atoms with Gasteiger partial charge in [-0.25, -0.2) is 0 Å². The number of benzene rings is 1. The van der Waals surface area contributed by atoms with Crippen LogP contribution in [0.25, 0.3) is 0 Å². The van der Waals surface area contributed by atoms with E-state index in [0.717, 1.165) is 18.7 Å². The topological polar surface area (TPSA) is 27.0 Å². The Kier molecular flexibility index (Phi) is 2.60. The Morgan fingerprint density at radius 2 is 2.06 bits per heavy atom. The van der Waals surface area contributed by atoms with E-state index in [4.69, 9.17) is 0 Å². The summed E-state index contributed by atoms with van der Waals surface area (Å²) in [7, 11) is 0. The summed E-state index contributed by atoms with van der Waals surface area (Å²) in [5.74, 6) is 0.421. The molecule has 0 radical (unpaired) electrons. The molecule has 86 valence electrons. The molecule has 0 unspecified atom stereocenters. The second-order valence-corrected chi connectivity index (χ2v) is 4.91. The molecule has 0 saturated carbocycles. The lowest BCUT2D eigenvalue weighted by molar-refractivity contribution is 0.287. The van der Waals surface area contributed by atoms with E-state index in [-0.39, 0.29) is 0 Å². The number of rotatable bonds is 1. The SMILES string of the molecule is N#CC1=C[C@@H](c2ccccc2)C[C@H]2CCCN12. The first kappa shape index (κ1) is 10.4. The minimum atomic E-state index is 0.421. The molecule has 1 fully saturated rings. The number of nitriles is 1. The molecule has 0 aliphatic carbocycles. The molecule has 1 saturated heterocycles. The lowest BCUT2D eigenvalue weighted by atomic mass is 9.87. The van der Waals surface area contributed by atoms with Crippen molar-refractivity contribution in [2.24, 2.45) is 0 Å². The Balaban J connectivity index is 1.93. The summed E-state index contributed by atoms with van der Waals surface area (Å²) in [5, 5.41) is 9.24. The summed E-state index contributed by atoms with van der Waals surface area (Å²) in [5.41, 5.74) is 2.22. The van der Waals surface area contributed by atoms with Gasteiger partial charge in [0.05, 0.1) is 0 Å². The van der Waals surface area contributed by atoms with E-state index >= 15 is 0 Å². The van der Waals surface area contributed by atoms with Crippen LogP contribution in [0.3, 0.4) is 0 Å². The summed E-state index contributed by atoms with van der Waals surface area (Å²) in [6, 6.07) is 13.5. The van der Waals surface area contributed by atoms with Gasteiger partial charge < -0.3 is 4.90 Å². The van der Waals surface area contributed by atoms with Gasteiger partial charge in [0.25, 0.3) is 0 Å². The molecule has 0 amide bonds. The highest BCUT2D eigenvalue weighted by molar-refractivity contribution is 5.33. The van der Waals surface area contributed by atoms with Crippen molar-refractivity contribution in [3.8, 4) is 6.07 Å². The van der Waals surface area contributed by atoms with Crippen LogP contribution >= 0.6 is 0 Å². The highest BCUT2D eigenvalue weighted by atomic mass is 15.2. The van der Waals surface area contributed by atoms with E-state index in [1.54, 1.807) is 0 Å². The average Bonchev–Trinajstić information content (AvgIpc) is 2.86. The van der Waals surface area contributed by atoms with Crippen LogP contribution < -0.4 is 0 Å². The van der Waals surface area contributed by atoms with Crippen LogP contribution in [0.1, 0.15) is 30.7 Å². The molecule has 2 atom stereocenters. The lowest BCUT2D eigenvalue weighted by Crippen LogP contribution is -2.33. The fraction of sp³-hybridized carbons (Fsp3) is 0.400. The maximum absolute atomic E-state index is 9.24. The van der Waals surface area contributed by atoms with Gasteiger partial charge in [0.15, 0.2) is 0 Å². The second kappa shape index (κ2) is 4.25. The normalized spacial score (nSPS) is 27.2. The van der Waals surface area contributed by atoms with Crippen molar-refractivity contribution in [3.05, 3.63) is 47.7 Å². The van der Waals surface area contributed by atoms with Crippen molar-refractivity contribution in [2.75, 3.05) is 6.54 Å². The number of hydrogen-bond donors (Lipinski definition) is 0. The predicted molar refractivity (Wildman–Crippen MR) is 67.2 cm³/mol. The molecule has 2 heterocycles. The van der Waals surface area contributed by atoms with Gasteiger partial charge >= 0.3 is 0 Å². The number of fused-ring (bicyclic) bond motifs is 1. The van der Waals surface area contributed by atoms with Crippen LogP contribution in [0.2, 0.25) is 0 Å². The Morgan fingerprint density at radius 1 is 1.24 bits per heavy atom. The Bertz CT molecular complexity index is 469. The highest BCUT2D eigenvalue weighted by Gasteiger charge is 2.32. The van der Waals surface area contributed by atoms with E-state index in [9.17, 15) is 5.26 Å². The Morgan fingerprint density at radius 3 is 2.82 bits per heavy atom. The summed E-state index contributed by atoms with van der Waals surface area (Å²) in [6.45, 7) is 1.06. The largest absolute Gasteiger partial charge is 0.360 e. The van der Waals surface area contributed by atoms with Crippen molar-refractivity contribution in [1.82, 2.24) is 4.90 Å². The van der Waals surface area contributed by atoms with Crippen LogP contribution in [0.4, 0.5) is 0 Å². The molecule has 3 rings (SSSR count). The number of hydrogen-bond acceptors (Lipinski definition) is 2. The maximum Gasteiger partial charge on any atom is 0.117 e. The highest BCUT2D eigenvalue weighted by Crippen LogP contribution is 2.37. The zero-order chi connectivity index (χ0) is 11.7. The van der Waals surface area contributed by atoms with Crippen LogP contribution in [0.5, 0.6) is 0 Å². The van der Waals surface area contributed by atoms with Crippen molar-refractivity contribution in [1.29, 1.82) is 5.26 Å². The molecule has 0 N–H and O–H groups in total. The maximum atomic E-state index is 9.24. The van der Waals surface area contributed by atoms with Crippen molar-refractivity contribution < 1.29 is 0 Å². The number of nitrogens with zero attached hydrogens (tertiary/aromatic N) is 2. The van der Waals surface area contributed by atoms with Gasteiger partial charge in [-0.05, 0) is 30.9 Å². The van der Waals surface area contributed by atoms with Gasteiger partial charge in [-0.3, -0.25) is 0 Å². The van der Waals surface area contributed by atoms with Crippen molar-refractivity contribution >= 4 is 0 Å². The molecule has 2 aliphatic heterocycles. The third-order valence-corrected chi connectivity index (χ3v) is 3.91. The fourth-order valence-electron chi connectivity index (χ4n) is 3.08.